The zero-order chi connectivity index (χ0) is 22.2. The Morgan fingerprint density at radius 2 is 1.94 bits per heavy atom. The molecule has 3 aromatic rings. The lowest BCUT2D eigenvalue weighted by Gasteiger charge is -2.25. The molecule has 2 aliphatic rings. The van der Waals surface area contributed by atoms with Crippen LogP contribution in [0.25, 0.3) is 5.76 Å². The van der Waals surface area contributed by atoms with E-state index in [0.717, 1.165) is 0 Å². The Hall–Kier alpha value is -4.20. The van der Waals surface area contributed by atoms with Crippen molar-refractivity contribution in [1.82, 2.24) is 9.88 Å². The van der Waals surface area contributed by atoms with E-state index in [2.05, 4.69) is 4.98 Å². The van der Waals surface area contributed by atoms with Gasteiger partial charge in [-0.15, -0.1) is 0 Å². The van der Waals surface area contributed by atoms with Crippen LogP contribution >= 0.6 is 0 Å². The van der Waals surface area contributed by atoms with Crippen molar-refractivity contribution in [2.24, 2.45) is 0 Å². The van der Waals surface area contributed by atoms with Gasteiger partial charge in [-0.2, -0.15) is 0 Å². The number of halogens is 1. The normalized spacial score (nSPS) is 18.9. The maximum absolute atomic E-state index is 14.1. The first-order valence-electron chi connectivity index (χ1n) is 9.86. The van der Waals surface area contributed by atoms with Gasteiger partial charge in [-0.25, -0.2) is 4.39 Å². The van der Waals surface area contributed by atoms with Gasteiger partial charge in [-0.3, -0.25) is 14.6 Å². The molecule has 0 radical (unpaired) electrons. The van der Waals surface area contributed by atoms with Crippen LogP contribution in [0.3, 0.4) is 0 Å². The fourth-order valence-corrected chi connectivity index (χ4v) is 3.95. The number of carbonyl (C=O) groups is 2. The Morgan fingerprint density at radius 1 is 1.09 bits per heavy atom. The topological polar surface area (TPSA) is 89.0 Å². The highest BCUT2D eigenvalue weighted by Gasteiger charge is 2.46. The van der Waals surface area contributed by atoms with E-state index < -0.39 is 23.5 Å². The number of Topliss-reactive ketones (excluding diaryl/α,β-unsaturated/α-hetero) is 1. The Labute approximate surface area is 182 Å². The second kappa shape index (κ2) is 7.81. The summed E-state index contributed by atoms with van der Waals surface area (Å²) < 4.78 is 24.7. The molecule has 2 aromatic carbocycles. The minimum absolute atomic E-state index is 0.0539. The molecule has 32 heavy (non-hydrogen) atoms. The molecule has 0 bridgehead atoms. The molecule has 2 aliphatic heterocycles. The van der Waals surface area contributed by atoms with Crippen LogP contribution in [0.2, 0.25) is 0 Å². The van der Waals surface area contributed by atoms with Crippen molar-refractivity contribution in [2.75, 3.05) is 6.79 Å². The number of ether oxygens (including phenoxy) is 2. The first-order valence-corrected chi connectivity index (χ1v) is 9.86. The van der Waals surface area contributed by atoms with Gasteiger partial charge in [0, 0.05) is 24.5 Å². The van der Waals surface area contributed by atoms with E-state index in [9.17, 15) is 19.1 Å². The van der Waals surface area contributed by atoms with Gasteiger partial charge in [0.15, 0.2) is 11.5 Å². The third-order valence-corrected chi connectivity index (χ3v) is 5.43. The van der Waals surface area contributed by atoms with Crippen LogP contribution in [0.1, 0.15) is 22.7 Å². The van der Waals surface area contributed by atoms with Crippen molar-refractivity contribution in [3.8, 4) is 11.5 Å². The molecule has 1 fully saturated rings. The third-order valence-electron chi connectivity index (χ3n) is 5.43. The van der Waals surface area contributed by atoms with Crippen molar-refractivity contribution < 1.29 is 28.6 Å². The van der Waals surface area contributed by atoms with Crippen molar-refractivity contribution in [3.05, 3.63) is 95.1 Å². The van der Waals surface area contributed by atoms with E-state index in [-0.39, 0.29) is 30.2 Å². The number of carbonyl (C=O) groups excluding carboxylic acids is 2. The Kier molecular flexibility index (Phi) is 4.82. The molecular weight excluding hydrogens is 415 g/mol. The number of pyridine rings is 1. The lowest BCUT2D eigenvalue weighted by molar-refractivity contribution is -0.140. The minimum atomic E-state index is -0.976. The highest BCUT2D eigenvalue weighted by molar-refractivity contribution is 6.46. The number of aliphatic hydroxyl groups is 1. The SMILES string of the molecule is O=C1C(=O)N(Cc2cccnc2)C(c2cccc(F)c2)/C1=C(\O)c1ccc2c(c1)OCO2. The smallest absolute Gasteiger partial charge is 0.295 e. The molecule has 1 atom stereocenters. The summed E-state index contributed by atoms with van der Waals surface area (Å²) in [5.41, 5.74) is 1.23. The molecule has 0 aliphatic carbocycles. The van der Waals surface area contributed by atoms with Gasteiger partial charge in [0.25, 0.3) is 11.7 Å². The zero-order valence-corrected chi connectivity index (χ0v) is 16.7. The molecule has 3 heterocycles. The number of rotatable bonds is 4. The summed E-state index contributed by atoms with van der Waals surface area (Å²) in [6, 6.07) is 12.9. The van der Waals surface area contributed by atoms with Gasteiger partial charge in [-0.1, -0.05) is 18.2 Å². The van der Waals surface area contributed by atoms with Crippen LogP contribution in [0.5, 0.6) is 11.5 Å². The Morgan fingerprint density at radius 3 is 2.72 bits per heavy atom. The quantitative estimate of drug-likeness (QED) is 0.385. The number of hydrogen-bond donors (Lipinski definition) is 1. The van der Waals surface area contributed by atoms with E-state index in [1.165, 1.54) is 29.2 Å². The predicted molar refractivity (Wildman–Crippen MR) is 111 cm³/mol. The average molecular weight is 432 g/mol. The number of nitrogens with zero attached hydrogens (tertiary/aromatic N) is 2. The van der Waals surface area contributed by atoms with Crippen LogP contribution in [-0.2, 0) is 16.1 Å². The minimum Gasteiger partial charge on any atom is -0.507 e. The Bertz CT molecular complexity index is 1260. The van der Waals surface area contributed by atoms with Gasteiger partial charge >= 0.3 is 0 Å². The van der Waals surface area contributed by atoms with Gasteiger partial charge in [-0.05, 0) is 47.5 Å². The van der Waals surface area contributed by atoms with Crippen molar-refractivity contribution in [1.29, 1.82) is 0 Å². The summed E-state index contributed by atoms with van der Waals surface area (Å²) in [5, 5.41) is 11.1. The van der Waals surface area contributed by atoms with E-state index >= 15 is 0 Å². The first-order chi connectivity index (χ1) is 15.5. The van der Waals surface area contributed by atoms with E-state index in [1.54, 1.807) is 42.7 Å². The van der Waals surface area contributed by atoms with Gasteiger partial charge in [0.1, 0.15) is 11.6 Å². The summed E-state index contributed by atoms with van der Waals surface area (Å²) in [5.74, 6) is -1.59. The molecule has 7 nitrogen and oxygen atoms in total. The lowest BCUT2D eigenvalue weighted by Crippen LogP contribution is -2.29. The second-order valence-corrected chi connectivity index (χ2v) is 7.41. The number of likely N-dealkylation sites (tertiary alicyclic amines) is 1. The molecule has 1 saturated heterocycles. The number of fused-ring (bicyclic) bond motifs is 1. The molecular formula is C24H17FN2O5. The average Bonchev–Trinajstić information content (AvgIpc) is 3.37. The number of benzene rings is 2. The molecule has 160 valence electrons. The number of aliphatic hydroxyl groups excluding tert-OH is 1. The summed E-state index contributed by atoms with van der Waals surface area (Å²) in [4.78, 5) is 31.4. The molecule has 8 heteroatoms. The van der Waals surface area contributed by atoms with Crippen LogP contribution in [0, 0.1) is 5.82 Å². The number of aromatic nitrogens is 1. The molecule has 1 N–H and O–H groups in total. The number of amides is 1. The van der Waals surface area contributed by atoms with Crippen molar-refractivity contribution in [2.45, 2.75) is 12.6 Å². The zero-order valence-electron chi connectivity index (χ0n) is 16.7. The molecule has 1 aromatic heterocycles. The largest absolute Gasteiger partial charge is 0.507 e. The number of ketones is 1. The molecule has 1 unspecified atom stereocenters. The highest BCUT2D eigenvalue weighted by atomic mass is 19.1. The maximum Gasteiger partial charge on any atom is 0.295 e. The summed E-state index contributed by atoms with van der Waals surface area (Å²) >= 11 is 0. The molecule has 5 rings (SSSR count). The molecule has 0 saturated carbocycles. The fraction of sp³-hybridized carbons (Fsp3) is 0.125. The van der Waals surface area contributed by atoms with Crippen LogP contribution < -0.4 is 9.47 Å². The number of hydrogen-bond acceptors (Lipinski definition) is 6. The third kappa shape index (κ3) is 3.35. The monoisotopic (exact) mass is 432 g/mol. The van der Waals surface area contributed by atoms with Crippen molar-refractivity contribution >= 4 is 17.4 Å². The summed E-state index contributed by atoms with van der Waals surface area (Å²) in [6.07, 6.45) is 3.18. The molecule has 0 spiro atoms. The predicted octanol–water partition coefficient (Wildman–Crippen LogP) is 3.57. The molecule has 1 amide bonds. The summed E-state index contributed by atoms with van der Waals surface area (Å²) in [7, 11) is 0. The Balaban J connectivity index is 1.65. The first kappa shape index (κ1) is 19.7. The van der Waals surface area contributed by atoms with Crippen LogP contribution in [0.15, 0.2) is 72.6 Å². The summed E-state index contributed by atoms with van der Waals surface area (Å²) in [6.45, 7) is 0.121. The maximum atomic E-state index is 14.1. The van der Waals surface area contributed by atoms with Crippen LogP contribution in [-0.4, -0.2) is 33.5 Å². The van der Waals surface area contributed by atoms with Gasteiger partial charge in [0.05, 0.1) is 11.6 Å². The fourth-order valence-electron chi connectivity index (χ4n) is 3.95. The van der Waals surface area contributed by atoms with E-state index in [0.29, 0.717) is 22.6 Å². The second-order valence-electron chi connectivity index (χ2n) is 7.41. The van der Waals surface area contributed by atoms with E-state index in [1.807, 2.05) is 0 Å². The van der Waals surface area contributed by atoms with Crippen molar-refractivity contribution in [3.63, 3.8) is 0 Å². The lowest BCUT2D eigenvalue weighted by atomic mass is 9.95. The van der Waals surface area contributed by atoms with Gasteiger partial charge < -0.3 is 19.5 Å². The highest BCUT2D eigenvalue weighted by Crippen LogP contribution is 2.42. The standard InChI is InChI=1S/C24H17FN2O5/c25-17-5-1-4-15(9-17)21-20(22(28)16-6-7-18-19(10-16)32-13-31-18)23(29)24(30)27(21)12-14-3-2-8-26-11-14/h1-11,21,28H,12-13H2/b22-20+. The van der Waals surface area contributed by atoms with Crippen LogP contribution in [0.4, 0.5) is 4.39 Å². The van der Waals surface area contributed by atoms with E-state index in [4.69, 9.17) is 9.47 Å². The van der Waals surface area contributed by atoms with Gasteiger partial charge in [0.2, 0.25) is 6.79 Å².